The van der Waals surface area contributed by atoms with Gasteiger partial charge in [0.05, 0.1) is 0 Å². The maximum atomic E-state index is 12.1. The lowest BCUT2D eigenvalue weighted by Crippen LogP contribution is -2.02. The molecular formula is C11H18BrFO3S. The molecule has 1 aromatic rings. The van der Waals surface area contributed by atoms with Crippen molar-refractivity contribution >= 4 is 26.4 Å². The largest absolute Gasteiger partial charge is 0.488 e. The number of hydrogen-bond acceptors (Lipinski definition) is 3. The summed E-state index contributed by atoms with van der Waals surface area (Å²) in [7, 11) is -4.94. The maximum absolute atomic E-state index is 12.1. The van der Waals surface area contributed by atoms with Gasteiger partial charge in [-0.3, -0.25) is 0 Å². The summed E-state index contributed by atoms with van der Waals surface area (Å²) in [4.78, 5) is 0. The third kappa shape index (κ3) is 9.12. The molecule has 0 radical (unpaired) electrons. The Hall–Kier alpha value is -0.620. The summed E-state index contributed by atoms with van der Waals surface area (Å²) in [5, 5.41) is 0. The predicted octanol–water partition coefficient (Wildman–Crippen LogP) is 4.40. The Labute approximate surface area is 112 Å². The van der Waals surface area contributed by atoms with Crippen molar-refractivity contribution in [2.24, 2.45) is 0 Å². The van der Waals surface area contributed by atoms with Crippen LogP contribution in [0.4, 0.5) is 3.89 Å². The van der Waals surface area contributed by atoms with E-state index in [1.165, 1.54) is 6.07 Å². The maximum Gasteiger partial charge on any atom is 0.488 e. The highest BCUT2D eigenvalue weighted by molar-refractivity contribution is 9.10. The van der Waals surface area contributed by atoms with Crippen LogP contribution >= 0.6 is 15.9 Å². The van der Waals surface area contributed by atoms with Gasteiger partial charge in [-0.25, -0.2) is 0 Å². The topological polar surface area (TPSA) is 43.4 Å². The van der Waals surface area contributed by atoms with E-state index < -0.39 is 10.5 Å². The van der Waals surface area contributed by atoms with E-state index in [4.69, 9.17) is 0 Å². The monoisotopic (exact) mass is 328 g/mol. The van der Waals surface area contributed by atoms with E-state index in [2.05, 4.69) is 20.1 Å². The van der Waals surface area contributed by atoms with E-state index in [0.717, 1.165) is 0 Å². The molecule has 3 nitrogen and oxygen atoms in total. The van der Waals surface area contributed by atoms with Crippen molar-refractivity contribution in [3.63, 3.8) is 0 Å². The normalized spacial score (nSPS) is 9.35. The quantitative estimate of drug-likeness (QED) is 0.755. The van der Waals surface area contributed by atoms with Gasteiger partial charge in [0.1, 0.15) is 5.75 Å². The Balaban J connectivity index is 0. The van der Waals surface area contributed by atoms with Crippen LogP contribution in [0.25, 0.3) is 0 Å². The third-order valence-corrected chi connectivity index (χ3v) is 2.21. The second-order valence-electron chi connectivity index (χ2n) is 2.39. The first-order valence-corrected chi connectivity index (χ1v) is 7.39. The van der Waals surface area contributed by atoms with Crippen LogP contribution in [0.5, 0.6) is 5.75 Å². The minimum Gasteiger partial charge on any atom is -0.358 e. The van der Waals surface area contributed by atoms with Gasteiger partial charge in [0, 0.05) is 4.47 Å². The molecule has 0 N–H and O–H groups in total. The summed E-state index contributed by atoms with van der Waals surface area (Å²) in [6.45, 7) is 9.62. The van der Waals surface area contributed by atoms with E-state index in [-0.39, 0.29) is 5.75 Å². The van der Waals surface area contributed by atoms with Crippen LogP contribution in [0.3, 0.4) is 0 Å². The lowest BCUT2D eigenvalue weighted by Gasteiger charge is -2.03. The van der Waals surface area contributed by atoms with E-state index in [0.29, 0.717) is 10.0 Å². The SMILES string of the molecule is CC.CC.Cc1ccc(Br)cc1OS(=O)(=O)F. The molecule has 6 heteroatoms. The van der Waals surface area contributed by atoms with Crippen molar-refractivity contribution in [3.8, 4) is 5.75 Å². The number of hydrogen-bond donors (Lipinski definition) is 0. The zero-order chi connectivity index (χ0) is 14.1. The van der Waals surface area contributed by atoms with Crippen LogP contribution < -0.4 is 4.18 Å². The second-order valence-corrected chi connectivity index (χ2v) is 4.25. The average molecular weight is 329 g/mol. The Kier molecular flexibility index (Phi) is 10.4. The first-order valence-electron chi connectivity index (χ1n) is 5.29. The lowest BCUT2D eigenvalue weighted by atomic mass is 10.2. The number of halogens is 2. The highest BCUT2D eigenvalue weighted by atomic mass is 79.9. The Bertz CT molecular complexity index is 419. The molecule has 0 aliphatic heterocycles. The Morgan fingerprint density at radius 2 is 1.65 bits per heavy atom. The molecule has 0 aromatic heterocycles. The molecule has 0 amide bonds. The summed E-state index contributed by atoms with van der Waals surface area (Å²) in [5.74, 6) is -0.0168. The summed E-state index contributed by atoms with van der Waals surface area (Å²) >= 11 is 3.11. The number of rotatable bonds is 2. The molecule has 17 heavy (non-hydrogen) atoms. The van der Waals surface area contributed by atoms with E-state index in [9.17, 15) is 12.3 Å². The molecule has 0 saturated carbocycles. The standard InChI is InChI=1S/C7H6BrFO3S.2C2H6/c1-5-2-3-6(8)4-7(5)12-13(9,10)11;2*1-2/h2-4H,1H3;2*1-2H3. The van der Waals surface area contributed by atoms with Gasteiger partial charge in [0.2, 0.25) is 0 Å². The van der Waals surface area contributed by atoms with Gasteiger partial charge in [0.15, 0.2) is 0 Å². The van der Waals surface area contributed by atoms with Crippen LogP contribution in [-0.4, -0.2) is 8.42 Å². The second kappa shape index (κ2) is 9.41. The van der Waals surface area contributed by atoms with Gasteiger partial charge in [-0.15, -0.1) is 0 Å². The molecule has 0 atom stereocenters. The summed E-state index contributed by atoms with van der Waals surface area (Å²) in [5.41, 5.74) is 0.546. The molecule has 0 saturated heterocycles. The van der Waals surface area contributed by atoms with Gasteiger partial charge in [-0.05, 0) is 24.6 Å². The fourth-order valence-corrected chi connectivity index (χ4v) is 1.51. The van der Waals surface area contributed by atoms with E-state index >= 15 is 0 Å². The van der Waals surface area contributed by atoms with Crippen LogP contribution in [0, 0.1) is 6.92 Å². The van der Waals surface area contributed by atoms with Crippen LogP contribution in [0.1, 0.15) is 33.3 Å². The molecule has 1 rings (SSSR count). The molecule has 100 valence electrons. The minimum atomic E-state index is -4.94. The van der Waals surface area contributed by atoms with E-state index in [1.807, 2.05) is 27.7 Å². The molecule has 0 aliphatic carbocycles. The van der Waals surface area contributed by atoms with Crippen molar-refractivity contribution in [2.75, 3.05) is 0 Å². The van der Waals surface area contributed by atoms with Gasteiger partial charge in [0.25, 0.3) is 0 Å². The van der Waals surface area contributed by atoms with Crippen LogP contribution in [0.2, 0.25) is 0 Å². The Morgan fingerprint density at radius 1 is 1.18 bits per heavy atom. The molecule has 0 aliphatic rings. The van der Waals surface area contributed by atoms with Crippen molar-refractivity contribution < 1.29 is 16.5 Å². The van der Waals surface area contributed by atoms with Gasteiger partial charge in [-0.1, -0.05) is 53.6 Å². The first-order chi connectivity index (χ1) is 7.88. The fourth-order valence-electron chi connectivity index (χ4n) is 0.771. The lowest BCUT2D eigenvalue weighted by molar-refractivity contribution is 0.438. The van der Waals surface area contributed by atoms with Crippen molar-refractivity contribution in [1.82, 2.24) is 0 Å². The van der Waals surface area contributed by atoms with Gasteiger partial charge in [-0.2, -0.15) is 8.42 Å². The van der Waals surface area contributed by atoms with E-state index in [1.54, 1.807) is 19.1 Å². The summed E-state index contributed by atoms with van der Waals surface area (Å²) < 4.78 is 37.2. The molecule has 0 spiro atoms. The average Bonchev–Trinajstić information content (AvgIpc) is 2.27. The summed E-state index contributed by atoms with van der Waals surface area (Å²) in [6.07, 6.45) is 0. The smallest absolute Gasteiger partial charge is 0.358 e. The first kappa shape index (κ1) is 18.7. The molecule has 0 heterocycles. The number of benzene rings is 1. The predicted molar refractivity (Wildman–Crippen MR) is 72.2 cm³/mol. The van der Waals surface area contributed by atoms with Crippen molar-refractivity contribution in [1.29, 1.82) is 0 Å². The molecule has 0 bridgehead atoms. The van der Waals surface area contributed by atoms with Crippen molar-refractivity contribution in [2.45, 2.75) is 34.6 Å². The molecule has 1 aromatic carbocycles. The molecular weight excluding hydrogens is 311 g/mol. The van der Waals surface area contributed by atoms with Gasteiger partial charge < -0.3 is 4.18 Å². The van der Waals surface area contributed by atoms with Crippen LogP contribution in [0.15, 0.2) is 22.7 Å². The minimum absolute atomic E-state index is 0.0168. The fraction of sp³-hybridized carbons (Fsp3) is 0.455. The number of aryl methyl sites for hydroxylation is 1. The third-order valence-electron chi connectivity index (χ3n) is 1.34. The Morgan fingerprint density at radius 3 is 2.06 bits per heavy atom. The highest BCUT2D eigenvalue weighted by Crippen LogP contribution is 2.24. The van der Waals surface area contributed by atoms with Crippen molar-refractivity contribution in [3.05, 3.63) is 28.2 Å². The molecule has 0 fully saturated rings. The van der Waals surface area contributed by atoms with Gasteiger partial charge >= 0.3 is 10.5 Å². The zero-order valence-electron chi connectivity index (χ0n) is 10.6. The summed E-state index contributed by atoms with van der Waals surface area (Å²) in [6, 6.07) is 4.70. The zero-order valence-corrected chi connectivity index (χ0v) is 13.0. The van der Waals surface area contributed by atoms with Crippen LogP contribution in [-0.2, 0) is 10.5 Å². The highest BCUT2D eigenvalue weighted by Gasteiger charge is 2.11. The molecule has 0 unspecified atom stereocenters.